The molecule has 1 aliphatic carbocycles. The summed E-state index contributed by atoms with van der Waals surface area (Å²) in [5, 5.41) is 14.4. The van der Waals surface area contributed by atoms with Gasteiger partial charge in [0.1, 0.15) is 0 Å². The lowest BCUT2D eigenvalue weighted by molar-refractivity contribution is -0.308. The Kier molecular flexibility index (Phi) is 4.35. The quantitative estimate of drug-likeness (QED) is 0.913. The molecule has 1 N–H and O–H groups in total. The van der Waals surface area contributed by atoms with Crippen LogP contribution in [0.4, 0.5) is 5.13 Å². The van der Waals surface area contributed by atoms with Crippen LogP contribution in [0.1, 0.15) is 44.1 Å². The fourth-order valence-electron chi connectivity index (χ4n) is 3.44. The van der Waals surface area contributed by atoms with E-state index in [9.17, 15) is 14.7 Å². The van der Waals surface area contributed by atoms with Crippen LogP contribution in [0, 0.1) is 12.3 Å². The van der Waals surface area contributed by atoms with Crippen molar-refractivity contribution in [3.63, 3.8) is 0 Å². The Hall–Kier alpha value is -1.95. The van der Waals surface area contributed by atoms with Gasteiger partial charge in [0, 0.05) is 12.4 Å². The van der Waals surface area contributed by atoms with Gasteiger partial charge >= 0.3 is 0 Å². The summed E-state index contributed by atoms with van der Waals surface area (Å²) in [6.45, 7) is 2.02. The lowest BCUT2D eigenvalue weighted by atomic mass is 9.79. The highest BCUT2D eigenvalue weighted by atomic mass is 32.1. The van der Waals surface area contributed by atoms with Crippen molar-refractivity contribution in [2.45, 2.75) is 45.4 Å². The maximum absolute atomic E-state index is 12.3. The summed E-state index contributed by atoms with van der Waals surface area (Å²) in [6, 6.07) is 5.96. The van der Waals surface area contributed by atoms with Gasteiger partial charge in [0.15, 0.2) is 5.13 Å². The van der Waals surface area contributed by atoms with Crippen molar-refractivity contribution in [2.75, 3.05) is 5.32 Å². The molecule has 6 heteroatoms. The molecule has 0 bridgehead atoms. The monoisotopic (exact) mass is 331 g/mol. The molecule has 2 aromatic rings. The number of carboxylic acid groups (broad SMARTS) is 1. The topological polar surface area (TPSA) is 82.1 Å². The molecule has 3 rings (SSSR count). The van der Waals surface area contributed by atoms with E-state index in [0.717, 1.165) is 41.5 Å². The number of benzene rings is 1. The van der Waals surface area contributed by atoms with Gasteiger partial charge in [0.2, 0.25) is 5.91 Å². The Labute approximate surface area is 138 Å². The number of carbonyl (C=O) groups excluding carboxylic acids is 2. The van der Waals surface area contributed by atoms with Crippen LogP contribution in [-0.2, 0) is 9.59 Å². The molecule has 0 unspecified atom stereocenters. The molecule has 1 heterocycles. The highest BCUT2D eigenvalue weighted by molar-refractivity contribution is 7.22. The third-order valence-corrected chi connectivity index (χ3v) is 5.44. The fourth-order valence-corrected chi connectivity index (χ4v) is 4.42. The van der Waals surface area contributed by atoms with Crippen LogP contribution in [0.5, 0.6) is 0 Å². The van der Waals surface area contributed by atoms with E-state index in [2.05, 4.69) is 10.3 Å². The normalized spacial score (nSPS) is 16.6. The smallest absolute Gasteiger partial charge is 0.226 e. The predicted molar refractivity (Wildman–Crippen MR) is 88.1 cm³/mol. The minimum atomic E-state index is -1.07. The predicted octanol–water partition coefficient (Wildman–Crippen LogP) is 2.63. The van der Waals surface area contributed by atoms with E-state index in [0.29, 0.717) is 5.13 Å². The largest absolute Gasteiger partial charge is 0.550 e. The number of nitrogens with zero attached hydrogens (tertiary/aromatic N) is 1. The van der Waals surface area contributed by atoms with Crippen molar-refractivity contribution in [2.24, 2.45) is 5.41 Å². The van der Waals surface area contributed by atoms with Crippen molar-refractivity contribution in [3.8, 4) is 0 Å². The molecule has 122 valence electrons. The number of hydrogen-bond acceptors (Lipinski definition) is 5. The number of carboxylic acids is 1. The molecule has 1 aromatic carbocycles. The van der Waals surface area contributed by atoms with E-state index < -0.39 is 11.4 Å². The third kappa shape index (κ3) is 3.69. The Morgan fingerprint density at radius 1 is 1.30 bits per heavy atom. The number of anilines is 1. The van der Waals surface area contributed by atoms with Crippen LogP contribution in [0.25, 0.3) is 10.2 Å². The molecule has 0 spiro atoms. The minimum Gasteiger partial charge on any atom is -0.550 e. The van der Waals surface area contributed by atoms with E-state index in [1.54, 1.807) is 0 Å². The van der Waals surface area contributed by atoms with Crippen LogP contribution < -0.4 is 10.4 Å². The van der Waals surface area contributed by atoms with Crippen molar-refractivity contribution < 1.29 is 14.7 Å². The van der Waals surface area contributed by atoms with Crippen molar-refractivity contribution in [1.82, 2.24) is 4.98 Å². The number of aryl methyl sites for hydroxylation is 1. The van der Waals surface area contributed by atoms with Crippen molar-refractivity contribution in [3.05, 3.63) is 23.8 Å². The highest BCUT2D eigenvalue weighted by Crippen LogP contribution is 2.44. The second-order valence-electron chi connectivity index (χ2n) is 6.47. The molecule has 0 radical (unpaired) electrons. The molecule has 1 amide bonds. The molecule has 1 saturated carbocycles. The van der Waals surface area contributed by atoms with E-state index in [1.807, 2.05) is 25.1 Å². The molecular weight excluding hydrogens is 312 g/mol. The van der Waals surface area contributed by atoms with E-state index in [1.165, 1.54) is 11.3 Å². The summed E-state index contributed by atoms with van der Waals surface area (Å²) >= 11 is 1.44. The number of thiazole rings is 1. The molecule has 1 fully saturated rings. The fraction of sp³-hybridized carbons (Fsp3) is 0.471. The van der Waals surface area contributed by atoms with Gasteiger partial charge < -0.3 is 15.2 Å². The molecular formula is C17H19N2O3S-. The Morgan fingerprint density at radius 2 is 2.04 bits per heavy atom. The first kappa shape index (κ1) is 15.9. The SMILES string of the molecule is Cc1ccc2nc(NC(=O)CC3(CC(=O)[O-])CCCC3)sc2c1. The second-order valence-corrected chi connectivity index (χ2v) is 7.50. The number of rotatable bonds is 5. The van der Waals surface area contributed by atoms with Crippen molar-refractivity contribution >= 4 is 38.6 Å². The van der Waals surface area contributed by atoms with Crippen LogP contribution in [-0.4, -0.2) is 16.9 Å². The summed E-state index contributed by atoms with van der Waals surface area (Å²) in [6.07, 6.45) is 3.66. The Morgan fingerprint density at radius 3 is 2.74 bits per heavy atom. The van der Waals surface area contributed by atoms with Gasteiger partial charge in [-0.2, -0.15) is 0 Å². The summed E-state index contributed by atoms with van der Waals surface area (Å²) < 4.78 is 1.03. The number of amides is 1. The van der Waals surface area contributed by atoms with Gasteiger partial charge in [-0.25, -0.2) is 4.98 Å². The number of hydrogen-bond donors (Lipinski definition) is 1. The Bertz CT molecular complexity index is 747. The lowest BCUT2D eigenvalue weighted by Gasteiger charge is -2.28. The number of nitrogens with one attached hydrogen (secondary N) is 1. The molecule has 1 aliphatic rings. The number of carbonyl (C=O) groups is 2. The minimum absolute atomic E-state index is 0.0422. The van der Waals surface area contributed by atoms with E-state index in [4.69, 9.17) is 0 Å². The van der Waals surface area contributed by atoms with Gasteiger partial charge in [-0.3, -0.25) is 4.79 Å². The van der Waals surface area contributed by atoms with E-state index in [-0.39, 0.29) is 18.7 Å². The standard InChI is InChI=1S/C17H20N2O3S/c1-11-4-5-12-13(8-11)23-16(18-12)19-14(20)9-17(10-15(21)22)6-2-3-7-17/h4-5,8H,2-3,6-7,9-10H2,1H3,(H,21,22)(H,18,19,20)/p-1. The zero-order chi connectivity index (χ0) is 16.4. The third-order valence-electron chi connectivity index (χ3n) is 4.51. The van der Waals surface area contributed by atoms with Crippen molar-refractivity contribution in [1.29, 1.82) is 0 Å². The maximum Gasteiger partial charge on any atom is 0.226 e. The van der Waals surface area contributed by atoms with Gasteiger partial charge in [-0.05, 0) is 49.3 Å². The van der Waals surface area contributed by atoms with E-state index >= 15 is 0 Å². The van der Waals surface area contributed by atoms with Gasteiger partial charge in [0.25, 0.3) is 0 Å². The second kappa shape index (κ2) is 6.28. The van der Waals surface area contributed by atoms with Crippen LogP contribution in [0.2, 0.25) is 0 Å². The summed E-state index contributed by atoms with van der Waals surface area (Å²) in [5.74, 6) is -1.24. The maximum atomic E-state index is 12.3. The molecule has 0 saturated heterocycles. The highest BCUT2D eigenvalue weighted by Gasteiger charge is 2.36. The first-order chi connectivity index (χ1) is 11.0. The first-order valence-electron chi connectivity index (χ1n) is 7.83. The molecule has 5 nitrogen and oxygen atoms in total. The summed E-state index contributed by atoms with van der Waals surface area (Å²) in [4.78, 5) is 27.7. The average molecular weight is 331 g/mol. The molecule has 0 atom stereocenters. The molecule has 1 aromatic heterocycles. The lowest BCUT2D eigenvalue weighted by Crippen LogP contribution is -2.33. The molecule has 23 heavy (non-hydrogen) atoms. The van der Waals surface area contributed by atoms with Crippen LogP contribution in [0.3, 0.4) is 0 Å². The van der Waals surface area contributed by atoms with Crippen LogP contribution >= 0.6 is 11.3 Å². The number of aliphatic carboxylic acids is 1. The number of aromatic nitrogens is 1. The van der Waals surface area contributed by atoms with Gasteiger partial charge in [-0.1, -0.05) is 30.2 Å². The van der Waals surface area contributed by atoms with Crippen LogP contribution in [0.15, 0.2) is 18.2 Å². The van der Waals surface area contributed by atoms with Gasteiger partial charge in [0.05, 0.1) is 10.2 Å². The summed E-state index contributed by atoms with van der Waals surface area (Å²) in [5.41, 5.74) is 1.56. The molecule has 0 aliphatic heterocycles. The zero-order valence-corrected chi connectivity index (χ0v) is 13.9. The summed E-state index contributed by atoms with van der Waals surface area (Å²) in [7, 11) is 0. The average Bonchev–Trinajstić information content (AvgIpc) is 3.03. The zero-order valence-electron chi connectivity index (χ0n) is 13.1. The first-order valence-corrected chi connectivity index (χ1v) is 8.64. The number of fused-ring (bicyclic) bond motifs is 1. The van der Waals surface area contributed by atoms with Gasteiger partial charge in [-0.15, -0.1) is 0 Å². The Balaban J connectivity index is 1.71.